The maximum atomic E-state index is 11.1. The molecule has 1 atom stereocenters. The van der Waals surface area contributed by atoms with E-state index in [1.165, 1.54) is 11.1 Å². The highest BCUT2D eigenvalue weighted by atomic mass is 32.1. The van der Waals surface area contributed by atoms with E-state index in [1.807, 2.05) is 36.4 Å². The molecule has 0 aliphatic rings. The number of nitrogens with zero attached hydrogens (tertiary/aromatic N) is 2. The SMILES string of the molecule is CC(c1cccs1)N(C)c1cccnc1C(=O)O. The zero-order chi connectivity index (χ0) is 13.1. The third-order valence-corrected chi connectivity index (χ3v) is 3.95. The van der Waals surface area contributed by atoms with Gasteiger partial charge in [0.1, 0.15) is 0 Å². The Labute approximate surface area is 110 Å². The summed E-state index contributed by atoms with van der Waals surface area (Å²) in [4.78, 5) is 18.2. The molecule has 0 aliphatic heterocycles. The molecule has 94 valence electrons. The molecule has 0 spiro atoms. The number of hydrogen-bond donors (Lipinski definition) is 1. The summed E-state index contributed by atoms with van der Waals surface area (Å²) < 4.78 is 0. The normalized spacial score (nSPS) is 12.1. The number of aromatic nitrogens is 1. The molecular formula is C13H14N2O2S. The van der Waals surface area contributed by atoms with Gasteiger partial charge in [-0.05, 0) is 30.5 Å². The van der Waals surface area contributed by atoms with Crippen molar-refractivity contribution < 1.29 is 9.90 Å². The van der Waals surface area contributed by atoms with Crippen LogP contribution in [0.3, 0.4) is 0 Å². The number of hydrogen-bond acceptors (Lipinski definition) is 4. The molecule has 2 aromatic rings. The van der Waals surface area contributed by atoms with Crippen LogP contribution in [-0.4, -0.2) is 23.1 Å². The van der Waals surface area contributed by atoms with Crippen molar-refractivity contribution >= 4 is 23.0 Å². The number of anilines is 1. The Bertz CT molecular complexity index is 540. The van der Waals surface area contributed by atoms with Gasteiger partial charge in [-0.25, -0.2) is 9.78 Å². The predicted molar refractivity (Wildman–Crippen MR) is 72.3 cm³/mol. The quantitative estimate of drug-likeness (QED) is 0.920. The maximum absolute atomic E-state index is 11.1. The molecule has 5 heteroatoms. The summed E-state index contributed by atoms with van der Waals surface area (Å²) in [7, 11) is 1.88. The lowest BCUT2D eigenvalue weighted by Gasteiger charge is -2.26. The van der Waals surface area contributed by atoms with Crippen LogP contribution < -0.4 is 4.90 Å². The third kappa shape index (κ3) is 2.36. The average molecular weight is 262 g/mol. The van der Waals surface area contributed by atoms with Crippen molar-refractivity contribution in [2.75, 3.05) is 11.9 Å². The number of aromatic carboxylic acids is 1. The summed E-state index contributed by atoms with van der Waals surface area (Å²) in [6.45, 7) is 2.05. The number of carboxylic acids is 1. The van der Waals surface area contributed by atoms with Gasteiger partial charge in [0, 0.05) is 18.1 Å². The minimum atomic E-state index is -1.00. The molecule has 1 N–H and O–H groups in total. The molecule has 0 fully saturated rings. The van der Waals surface area contributed by atoms with Crippen molar-refractivity contribution in [1.82, 2.24) is 4.98 Å². The zero-order valence-electron chi connectivity index (χ0n) is 10.2. The molecular weight excluding hydrogens is 248 g/mol. The fourth-order valence-electron chi connectivity index (χ4n) is 1.77. The third-order valence-electron chi connectivity index (χ3n) is 2.90. The molecule has 0 saturated carbocycles. The molecule has 0 aliphatic carbocycles. The van der Waals surface area contributed by atoms with Crippen molar-refractivity contribution in [2.45, 2.75) is 13.0 Å². The summed E-state index contributed by atoms with van der Waals surface area (Å²) in [5.41, 5.74) is 0.717. The molecule has 0 aromatic carbocycles. The minimum absolute atomic E-state index is 0.0865. The number of rotatable bonds is 4. The van der Waals surface area contributed by atoms with Gasteiger partial charge < -0.3 is 10.0 Å². The first-order chi connectivity index (χ1) is 8.61. The van der Waals surface area contributed by atoms with E-state index in [4.69, 9.17) is 5.11 Å². The number of carbonyl (C=O) groups is 1. The van der Waals surface area contributed by atoms with Crippen molar-refractivity contribution in [3.05, 3.63) is 46.4 Å². The maximum Gasteiger partial charge on any atom is 0.356 e. The van der Waals surface area contributed by atoms with Gasteiger partial charge >= 0.3 is 5.97 Å². The fourth-order valence-corrected chi connectivity index (χ4v) is 2.60. The molecule has 2 heterocycles. The standard InChI is InChI=1S/C13H14N2O2S/c1-9(11-6-4-8-18-11)15(2)10-5-3-7-14-12(10)13(16)17/h3-9H,1-2H3,(H,16,17). The molecule has 0 radical (unpaired) electrons. The van der Waals surface area contributed by atoms with Crippen molar-refractivity contribution in [3.8, 4) is 0 Å². The first kappa shape index (κ1) is 12.6. The van der Waals surface area contributed by atoms with E-state index >= 15 is 0 Å². The highest BCUT2D eigenvalue weighted by molar-refractivity contribution is 7.10. The lowest BCUT2D eigenvalue weighted by atomic mass is 10.2. The molecule has 2 aromatic heterocycles. The lowest BCUT2D eigenvalue weighted by molar-refractivity contribution is 0.0691. The minimum Gasteiger partial charge on any atom is -0.476 e. The highest BCUT2D eigenvalue weighted by Gasteiger charge is 2.19. The van der Waals surface area contributed by atoms with Crippen molar-refractivity contribution in [3.63, 3.8) is 0 Å². The second-order valence-electron chi connectivity index (χ2n) is 3.98. The van der Waals surface area contributed by atoms with Gasteiger partial charge in [0.15, 0.2) is 5.69 Å². The topological polar surface area (TPSA) is 53.4 Å². The number of pyridine rings is 1. The average Bonchev–Trinajstić information content (AvgIpc) is 2.90. The summed E-state index contributed by atoms with van der Waals surface area (Å²) in [5.74, 6) is -1.00. The Morgan fingerprint density at radius 3 is 2.83 bits per heavy atom. The monoisotopic (exact) mass is 262 g/mol. The molecule has 2 rings (SSSR count). The van der Waals surface area contributed by atoms with Crippen LogP contribution in [0.5, 0.6) is 0 Å². The molecule has 0 saturated heterocycles. The number of carboxylic acid groups (broad SMARTS) is 1. The second kappa shape index (κ2) is 5.18. The van der Waals surface area contributed by atoms with Gasteiger partial charge in [0.25, 0.3) is 0 Å². The van der Waals surface area contributed by atoms with Gasteiger partial charge in [-0.3, -0.25) is 0 Å². The van der Waals surface area contributed by atoms with Crippen LogP contribution in [0.4, 0.5) is 5.69 Å². The molecule has 0 amide bonds. The Morgan fingerprint density at radius 2 is 2.22 bits per heavy atom. The fraction of sp³-hybridized carbons (Fsp3) is 0.231. The van der Waals surface area contributed by atoms with Gasteiger partial charge in [0.05, 0.1) is 11.7 Å². The lowest BCUT2D eigenvalue weighted by Crippen LogP contribution is -2.23. The molecule has 4 nitrogen and oxygen atoms in total. The first-order valence-corrected chi connectivity index (χ1v) is 6.43. The van der Waals surface area contributed by atoms with Gasteiger partial charge in [0.2, 0.25) is 0 Å². The summed E-state index contributed by atoms with van der Waals surface area (Å²) >= 11 is 1.66. The highest BCUT2D eigenvalue weighted by Crippen LogP contribution is 2.29. The largest absolute Gasteiger partial charge is 0.476 e. The van der Waals surface area contributed by atoms with E-state index in [1.54, 1.807) is 23.5 Å². The van der Waals surface area contributed by atoms with Crippen LogP contribution in [-0.2, 0) is 0 Å². The van der Waals surface area contributed by atoms with E-state index < -0.39 is 5.97 Å². The molecule has 18 heavy (non-hydrogen) atoms. The summed E-state index contributed by atoms with van der Waals surface area (Å²) in [5, 5.41) is 11.2. The van der Waals surface area contributed by atoms with Crippen LogP contribution >= 0.6 is 11.3 Å². The van der Waals surface area contributed by atoms with E-state index in [2.05, 4.69) is 4.98 Å². The van der Waals surface area contributed by atoms with E-state index in [9.17, 15) is 4.79 Å². The zero-order valence-corrected chi connectivity index (χ0v) is 11.0. The van der Waals surface area contributed by atoms with Crippen molar-refractivity contribution in [1.29, 1.82) is 0 Å². The Hall–Kier alpha value is -1.88. The van der Waals surface area contributed by atoms with E-state index in [0.717, 1.165) is 0 Å². The van der Waals surface area contributed by atoms with Gasteiger partial charge in [-0.2, -0.15) is 0 Å². The van der Waals surface area contributed by atoms with E-state index in [-0.39, 0.29) is 11.7 Å². The first-order valence-electron chi connectivity index (χ1n) is 5.56. The van der Waals surface area contributed by atoms with Crippen LogP contribution in [0.1, 0.15) is 28.3 Å². The Morgan fingerprint density at radius 1 is 1.44 bits per heavy atom. The van der Waals surface area contributed by atoms with Gasteiger partial charge in [-0.1, -0.05) is 6.07 Å². The van der Waals surface area contributed by atoms with Crippen molar-refractivity contribution in [2.24, 2.45) is 0 Å². The van der Waals surface area contributed by atoms with E-state index in [0.29, 0.717) is 5.69 Å². The summed E-state index contributed by atoms with van der Waals surface area (Å²) in [6, 6.07) is 7.68. The predicted octanol–water partition coefficient (Wildman–Crippen LogP) is 3.04. The molecule has 0 bridgehead atoms. The summed E-state index contributed by atoms with van der Waals surface area (Å²) in [6.07, 6.45) is 1.50. The number of thiophene rings is 1. The van der Waals surface area contributed by atoms with Crippen LogP contribution in [0.15, 0.2) is 35.8 Å². The Kier molecular flexibility index (Phi) is 3.62. The Balaban J connectivity index is 2.34. The van der Waals surface area contributed by atoms with Crippen LogP contribution in [0, 0.1) is 0 Å². The van der Waals surface area contributed by atoms with Gasteiger partial charge in [-0.15, -0.1) is 11.3 Å². The van der Waals surface area contributed by atoms with Crippen LogP contribution in [0.2, 0.25) is 0 Å². The smallest absolute Gasteiger partial charge is 0.356 e. The second-order valence-corrected chi connectivity index (χ2v) is 4.96. The van der Waals surface area contributed by atoms with Crippen LogP contribution in [0.25, 0.3) is 0 Å². The molecule has 1 unspecified atom stereocenters.